The van der Waals surface area contributed by atoms with Gasteiger partial charge in [0.1, 0.15) is 22.8 Å². The molecule has 4 rings (SSSR count). The summed E-state index contributed by atoms with van der Waals surface area (Å²) < 4.78 is 25.8. The summed E-state index contributed by atoms with van der Waals surface area (Å²) in [5.41, 5.74) is -0.188. The lowest BCUT2D eigenvalue weighted by molar-refractivity contribution is -0.130. The summed E-state index contributed by atoms with van der Waals surface area (Å²) in [6.07, 6.45) is 1.72. The molecule has 0 radical (unpaired) electrons. The summed E-state index contributed by atoms with van der Waals surface area (Å²) in [5.74, 6) is 0.631. The molecule has 1 aromatic heterocycles. The third-order valence-corrected chi connectivity index (χ3v) is 5.81. The number of aromatic amines is 1. The number of halogens is 1. The average Bonchev–Trinajstić information content (AvgIpc) is 2.72. The van der Waals surface area contributed by atoms with Gasteiger partial charge in [0.15, 0.2) is 0 Å². The van der Waals surface area contributed by atoms with Crippen LogP contribution >= 0.6 is 0 Å². The van der Waals surface area contributed by atoms with E-state index in [4.69, 9.17) is 9.47 Å². The van der Waals surface area contributed by atoms with Crippen LogP contribution in [-0.4, -0.2) is 71.7 Å². The largest absolute Gasteiger partial charge is 0.493 e. The first-order chi connectivity index (χ1) is 14.5. The topological polar surface area (TPSA) is 87.8 Å². The number of likely N-dealkylation sites (tertiary alicyclic amines) is 1. The van der Waals surface area contributed by atoms with Crippen LogP contribution in [0.25, 0.3) is 10.9 Å². The molecule has 0 aliphatic carbocycles. The summed E-state index contributed by atoms with van der Waals surface area (Å²) in [6, 6.07) is 2.87. The molecule has 0 atom stereocenters. The number of carbonyl (C=O) groups excluding carboxylic acids is 1. The maximum atomic E-state index is 14.6. The van der Waals surface area contributed by atoms with Crippen LogP contribution in [0.3, 0.4) is 0 Å². The number of aromatic nitrogens is 2. The Morgan fingerprint density at radius 3 is 2.70 bits per heavy atom. The number of nitrogens with zero attached hydrogens (tertiary/aromatic N) is 3. The van der Waals surface area contributed by atoms with E-state index in [1.54, 1.807) is 13.0 Å². The molecule has 0 bridgehead atoms. The molecule has 8 nitrogen and oxygen atoms in total. The number of amides is 1. The minimum absolute atomic E-state index is 0.0529. The molecule has 1 aromatic carbocycles. The Morgan fingerprint density at radius 1 is 1.27 bits per heavy atom. The number of benzene rings is 1. The van der Waals surface area contributed by atoms with Crippen molar-refractivity contribution in [2.45, 2.75) is 26.3 Å². The van der Waals surface area contributed by atoms with Gasteiger partial charge in [-0.2, -0.15) is 0 Å². The first kappa shape index (κ1) is 20.7. The second kappa shape index (κ2) is 9.09. The molecule has 2 aromatic rings. The average molecular weight is 418 g/mol. The van der Waals surface area contributed by atoms with E-state index in [1.165, 1.54) is 6.07 Å². The quantitative estimate of drug-likeness (QED) is 0.793. The van der Waals surface area contributed by atoms with Gasteiger partial charge < -0.3 is 19.4 Å². The highest BCUT2D eigenvalue weighted by Crippen LogP contribution is 2.24. The highest BCUT2D eigenvalue weighted by Gasteiger charge is 2.21. The van der Waals surface area contributed by atoms with Crippen LogP contribution in [0.2, 0.25) is 0 Å². The predicted octanol–water partition coefficient (Wildman–Crippen LogP) is 1.53. The van der Waals surface area contributed by atoms with Gasteiger partial charge >= 0.3 is 0 Å². The molecule has 0 unspecified atom stereocenters. The number of hydrogen-bond acceptors (Lipinski definition) is 6. The molecule has 2 saturated heterocycles. The lowest BCUT2D eigenvalue weighted by atomic mass is 9.98. The van der Waals surface area contributed by atoms with E-state index in [0.29, 0.717) is 49.4 Å². The highest BCUT2D eigenvalue weighted by molar-refractivity contribution is 5.79. The number of hydrogen-bond donors (Lipinski definition) is 1. The maximum Gasteiger partial charge on any atom is 0.261 e. The normalized spacial score (nSPS) is 18.7. The number of ether oxygens (including phenoxy) is 2. The van der Waals surface area contributed by atoms with Crippen molar-refractivity contribution in [1.82, 2.24) is 19.8 Å². The molecule has 30 heavy (non-hydrogen) atoms. The van der Waals surface area contributed by atoms with Crippen LogP contribution < -0.4 is 10.3 Å². The number of rotatable bonds is 5. The number of fused-ring (bicyclic) bond motifs is 1. The lowest BCUT2D eigenvalue weighted by Gasteiger charge is -2.31. The molecule has 2 fully saturated rings. The first-order valence-electron chi connectivity index (χ1n) is 10.4. The van der Waals surface area contributed by atoms with E-state index in [0.717, 1.165) is 39.0 Å². The number of piperidine rings is 1. The molecule has 2 aliphatic heterocycles. The van der Waals surface area contributed by atoms with Gasteiger partial charge in [0, 0.05) is 45.2 Å². The van der Waals surface area contributed by atoms with Crippen molar-refractivity contribution in [3.8, 4) is 5.75 Å². The van der Waals surface area contributed by atoms with Gasteiger partial charge in [-0.25, -0.2) is 9.37 Å². The predicted molar refractivity (Wildman–Crippen MR) is 109 cm³/mol. The third kappa shape index (κ3) is 4.79. The van der Waals surface area contributed by atoms with Gasteiger partial charge in [0.2, 0.25) is 5.91 Å². The molecule has 1 amide bonds. The van der Waals surface area contributed by atoms with E-state index >= 15 is 0 Å². The Labute approximate surface area is 174 Å². The van der Waals surface area contributed by atoms with Crippen molar-refractivity contribution in [2.24, 2.45) is 5.92 Å². The number of nitrogens with one attached hydrogen (secondary N) is 1. The molecule has 9 heteroatoms. The summed E-state index contributed by atoms with van der Waals surface area (Å²) in [7, 11) is 0. The van der Waals surface area contributed by atoms with E-state index < -0.39 is 11.4 Å². The molecule has 1 N–H and O–H groups in total. The summed E-state index contributed by atoms with van der Waals surface area (Å²) in [4.78, 5) is 35.0. The van der Waals surface area contributed by atoms with Crippen LogP contribution in [0.5, 0.6) is 5.75 Å². The minimum atomic E-state index is -0.638. The van der Waals surface area contributed by atoms with Crippen molar-refractivity contribution in [3.63, 3.8) is 0 Å². The first-order valence-corrected chi connectivity index (χ1v) is 10.4. The highest BCUT2D eigenvalue weighted by atomic mass is 19.1. The number of morpholine rings is 1. The van der Waals surface area contributed by atoms with E-state index in [9.17, 15) is 14.0 Å². The fourth-order valence-corrected chi connectivity index (χ4v) is 4.01. The van der Waals surface area contributed by atoms with Crippen LogP contribution in [0.15, 0.2) is 16.9 Å². The second-order valence-electron chi connectivity index (χ2n) is 7.96. The Balaban J connectivity index is 1.46. The monoisotopic (exact) mass is 418 g/mol. The van der Waals surface area contributed by atoms with Gasteiger partial charge in [-0.05, 0) is 18.8 Å². The van der Waals surface area contributed by atoms with E-state index in [-0.39, 0.29) is 11.3 Å². The zero-order chi connectivity index (χ0) is 21.1. The van der Waals surface area contributed by atoms with Gasteiger partial charge in [0.25, 0.3) is 5.56 Å². The summed E-state index contributed by atoms with van der Waals surface area (Å²) in [6.45, 7) is 6.77. The van der Waals surface area contributed by atoms with Gasteiger partial charge in [-0.15, -0.1) is 0 Å². The minimum Gasteiger partial charge on any atom is -0.493 e. The zero-order valence-electron chi connectivity index (χ0n) is 17.2. The third-order valence-electron chi connectivity index (χ3n) is 5.81. The van der Waals surface area contributed by atoms with Crippen LogP contribution in [0, 0.1) is 11.7 Å². The SMILES string of the molecule is CC(=O)N1CCC(COc2cc(F)c3c(=O)[nH]c(CN4CCOCC4)nc3c2)CC1. The second-order valence-corrected chi connectivity index (χ2v) is 7.96. The molecular formula is C21H27FN4O4. The standard InChI is InChI=1S/C21H27FN4O4/c1-14(27)26-4-2-15(3-5-26)13-30-16-10-17(22)20-18(11-16)23-19(24-21(20)28)12-25-6-8-29-9-7-25/h10-11,15H,2-9,12-13H2,1H3,(H,23,24,28). The van der Waals surface area contributed by atoms with Crippen molar-refractivity contribution in [2.75, 3.05) is 46.0 Å². The van der Waals surface area contributed by atoms with Gasteiger partial charge in [-0.3, -0.25) is 14.5 Å². The molecule has 3 heterocycles. The van der Waals surface area contributed by atoms with Crippen molar-refractivity contribution >= 4 is 16.8 Å². The number of carbonyl (C=O) groups is 1. The zero-order valence-corrected chi connectivity index (χ0v) is 17.2. The fraction of sp³-hybridized carbons (Fsp3) is 0.571. The van der Waals surface area contributed by atoms with E-state index in [1.807, 2.05) is 4.90 Å². The molecule has 0 spiro atoms. The fourth-order valence-electron chi connectivity index (χ4n) is 4.01. The van der Waals surface area contributed by atoms with Crippen molar-refractivity contribution < 1.29 is 18.7 Å². The molecule has 0 saturated carbocycles. The smallest absolute Gasteiger partial charge is 0.261 e. The van der Waals surface area contributed by atoms with Crippen LogP contribution in [-0.2, 0) is 16.1 Å². The van der Waals surface area contributed by atoms with Gasteiger partial charge in [-0.1, -0.05) is 0 Å². The Kier molecular flexibility index (Phi) is 6.29. The van der Waals surface area contributed by atoms with E-state index in [2.05, 4.69) is 14.9 Å². The lowest BCUT2D eigenvalue weighted by Crippen LogP contribution is -2.38. The molecular weight excluding hydrogens is 391 g/mol. The Morgan fingerprint density at radius 2 is 2.00 bits per heavy atom. The van der Waals surface area contributed by atoms with Crippen molar-refractivity contribution in [3.05, 3.63) is 34.1 Å². The summed E-state index contributed by atoms with van der Waals surface area (Å²) >= 11 is 0. The Bertz CT molecular complexity index is 965. The maximum absolute atomic E-state index is 14.6. The van der Waals surface area contributed by atoms with Crippen LogP contribution in [0.4, 0.5) is 4.39 Å². The van der Waals surface area contributed by atoms with Crippen molar-refractivity contribution in [1.29, 1.82) is 0 Å². The Hall–Kier alpha value is -2.52. The number of H-pyrrole nitrogens is 1. The van der Waals surface area contributed by atoms with Gasteiger partial charge in [0.05, 0.1) is 31.9 Å². The molecule has 2 aliphatic rings. The summed E-state index contributed by atoms with van der Waals surface area (Å²) in [5, 5.41) is -0.0529. The van der Waals surface area contributed by atoms with Crippen LogP contribution in [0.1, 0.15) is 25.6 Å². The molecule has 162 valence electrons.